The number of benzene rings is 3. The van der Waals surface area contributed by atoms with Crippen LogP contribution < -0.4 is 10.2 Å². The van der Waals surface area contributed by atoms with Crippen molar-refractivity contribution in [1.29, 1.82) is 0 Å². The van der Waals surface area contributed by atoms with Crippen LogP contribution in [0, 0.1) is 12.4 Å². The lowest BCUT2D eigenvalue weighted by Crippen LogP contribution is -2.53. The summed E-state index contributed by atoms with van der Waals surface area (Å²) in [6, 6.07) is 18.5. The number of ether oxygens (including phenoxy) is 1. The predicted octanol–water partition coefficient (Wildman–Crippen LogP) is 6.78. The zero-order chi connectivity index (χ0) is 34.1. The number of hydrogen-bond acceptors (Lipinski definition) is 9. The minimum Gasteiger partial charge on any atom is -0.466 e. The van der Waals surface area contributed by atoms with Gasteiger partial charge in [-0.05, 0) is 36.4 Å². The van der Waals surface area contributed by atoms with Gasteiger partial charge in [-0.25, -0.2) is 23.8 Å². The minimum absolute atomic E-state index is 0.0331. The number of nitrogens with zero attached hydrogens (tertiary/aromatic N) is 6. The third-order valence-corrected chi connectivity index (χ3v) is 10.7. The monoisotopic (exact) mass is 713 g/mol. The molecular formula is C35H29ClFN7O3S2. The van der Waals surface area contributed by atoms with Gasteiger partial charge in [0.2, 0.25) is 0 Å². The highest BCUT2D eigenvalue weighted by molar-refractivity contribution is 7.99. The van der Waals surface area contributed by atoms with Crippen molar-refractivity contribution in [2.45, 2.75) is 21.9 Å². The molecule has 0 aliphatic carbocycles. The molecule has 3 aliphatic heterocycles. The van der Waals surface area contributed by atoms with Gasteiger partial charge in [0.25, 0.3) is 0 Å². The molecule has 0 radical (unpaired) electrons. The number of methoxy groups -OCH3 is 1. The molecule has 2 fully saturated rings. The predicted molar refractivity (Wildman–Crippen MR) is 188 cm³/mol. The quantitative estimate of drug-likeness (QED) is 0.159. The summed E-state index contributed by atoms with van der Waals surface area (Å²) < 4.78 is 19.2. The molecule has 3 aliphatic rings. The molecular weight excluding hydrogens is 685 g/mol. The van der Waals surface area contributed by atoms with Crippen LogP contribution in [-0.2, 0) is 9.53 Å². The average Bonchev–Trinajstić information content (AvgIpc) is 3.77. The number of halogens is 2. The fourth-order valence-corrected chi connectivity index (χ4v) is 7.92. The molecule has 1 aromatic heterocycles. The van der Waals surface area contributed by atoms with Crippen molar-refractivity contribution in [3.05, 3.63) is 122 Å². The van der Waals surface area contributed by atoms with Crippen molar-refractivity contribution < 1.29 is 18.7 Å². The third kappa shape index (κ3) is 6.78. The van der Waals surface area contributed by atoms with Crippen LogP contribution in [0.5, 0.6) is 0 Å². The van der Waals surface area contributed by atoms with Crippen LogP contribution in [0.25, 0.3) is 4.85 Å². The van der Waals surface area contributed by atoms with Crippen molar-refractivity contribution in [3.63, 3.8) is 0 Å². The Morgan fingerprint density at radius 2 is 1.88 bits per heavy atom. The Bertz CT molecular complexity index is 2000. The lowest BCUT2D eigenvalue weighted by atomic mass is 9.95. The first-order chi connectivity index (χ1) is 23.8. The lowest BCUT2D eigenvalue weighted by Gasteiger charge is -2.38. The van der Waals surface area contributed by atoms with E-state index in [4.69, 9.17) is 27.9 Å². The second-order valence-corrected chi connectivity index (χ2v) is 14.0. The largest absolute Gasteiger partial charge is 0.466 e. The first-order valence-corrected chi connectivity index (χ1v) is 17.5. The molecule has 4 heterocycles. The summed E-state index contributed by atoms with van der Waals surface area (Å²) >= 11 is 9.50. The fourth-order valence-electron chi connectivity index (χ4n) is 6.24. The summed E-state index contributed by atoms with van der Waals surface area (Å²) in [7, 11) is 1.31. The molecule has 14 heteroatoms. The Hall–Kier alpha value is -4.74. The normalized spacial score (nSPS) is 19.3. The third-order valence-electron chi connectivity index (χ3n) is 8.59. The Morgan fingerprint density at radius 1 is 1.12 bits per heavy atom. The van der Waals surface area contributed by atoms with Gasteiger partial charge < -0.3 is 15.0 Å². The summed E-state index contributed by atoms with van der Waals surface area (Å²) in [6.07, 6.45) is 1.67. The zero-order valence-electron chi connectivity index (χ0n) is 26.2. The van der Waals surface area contributed by atoms with Crippen LogP contribution in [0.2, 0.25) is 5.02 Å². The molecule has 0 saturated carbocycles. The lowest BCUT2D eigenvalue weighted by molar-refractivity contribution is -0.136. The standard InChI is InChI=1S/C35H29ClFN7O3S2/c1-38-22-4-8-25(9-5-22)49-26-10-6-23(7-11-26)44-19-24-18-42(14-15-43(24)35(44)46)20-29-30(34(45)47-2)31(27-12-3-21(37)17-28(27)36)41-32(40-29)33-39-13-16-48-33/h3-13,16-17,24,31H,14-15,18-20H2,2H3,(H,40,41)/t24-,31-/m0/s1. The van der Waals surface area contributed by atoms with E-state index in [1.807, 2.05) is 51.6 Å². The number of nitrogens with one attached hydrogen (secondary N) is 1. The minimum atomic E-state index is -0.847. The highest BCUT2D eigenvalue weighted by Gasteiger charge is 2.42. The van der Waals surface area contributed by atoms with Gasteiger partial charge in [0.05, 0.1) is 25.3 Å². The number of rotatable bonds is 8. The van der Waals surface area contributed by atoms with E-state index < -0.39 is 17.8 Å². The first kappa shape index (κ1) is 32.8. The van der Waals surface area contributed by atoms with E-state index in [0.717, 1.165) is 15.5 Å². The first-order valence-electron chi connectivity index (χ1n) is 15.4. The van der Waals surface area contributed by atoms with Crippen LogP contribution in [0.1, 0.15) is 16.6 Å². The number of aromatic nitrogens is 1. The topological polar surface area (TPSA) is 94.7 Å². The van der Waals surface area contributed by atoms with E-state index >= 15 is 0 Å². The summed E-state index contributed by atoms with van der Waals surface area (Å²) in [5, 5.41) is 5.96. The number of thiazole rings is 1. The number of esters is 1. The molecule has 2 saturated heterocycles. The molecule has 10 nitrogen and oxygen atoms in total. The highest BCUT2D eigenvalue weighted by Crippen LogP contribution is 2.38. The molecule has 7 rings (SSSR count). The number of fused-ring (bicyclic) bond motifs is 1. The maximum atomic E-state index is 14.0. The molecule has 0 bridgehead atoms. The van der Waals surface area contributed by atoms with Crippen LogP contribution in [0.4, 0.5) is 20.6 Å². The SMILES string of the molecule is [C-]#[N+]c1ccc(Sc2ccc(N3C[C@@H]4CN(CC5=C(C(=O)OC)[C@H](c6ccc(F)cc6Cl)N=C(c6nccs6)N5)CCN4C3=O)cc2)cc1. The van der Waals surface area contributed by atoms with Crippen molar-refractivity contribution in [3.8, 4) is 0 Å². The van der Waals surface area contributed by atoms with Crippen molar-refractivity contribution in [2.24, 2.45) is 4.99 Å². The number of hydrogen-bond donors (Lipinski definition) is 1. The summed E-state index contributed by atoms with van der Waals surface area (Å²) in [4.78, 5) is 47.6. The van der Waals surface area contributed by atoms with Crippen LogP contribution >= 0.6 is 34.7 Å². The van der Waals surface area contributed by atoms with Crippen LogP contribution in [-0.4, -0.2) is 78.5 Å². The van der Waals surface area contributed by atoms with Gasteiger partial charge in [0.15, 0.2) is 16.5 Å². The average molecular weight is 714 g/mol. The maximum Gasteiger partial charge on any atom is 0.338 e. The zero-order valence-corrected chi connectivity index (χ0v) is 28.6. The van der Waals surface area contributed by atoms with Gasteiger partial charge >= 0.3 is 12.0 Å². The summed E-state index contributed by atoms with van der Waals surface area (Å²) in [5.74, 6) is -0.587. The van der Waals surface area contributed by atoms with Crippen LogP contribution in [0.3, 0.4) is 0 Å². The number of amidine groups is 1. The summed E-state index contributed by atoms with van der Waals surface area (Å²) in [6.45, 7) is 9.71. The van der Waals surface area contributed by atoms with E-state index in [-0.39, 0.29) is 22.7 Å². The smallest absolute Gasteiger partial charge is 0.338 e. The number of urea groups is 1. The van der Waals surface area contributed by atoms with Gasteiger partial charge in [-0.15, -0.1) is 11.3 Å². The number of carbonyl (C=O) groups excluding carboxylic acids is 2. The highest BCUT2D eigenvalue weighted by atomic mass is 35.5. The van der Waals surface area contributed by atoms with E-state index in [1.54, 1.807) is 30.1 Å². The molecule has 3 aromatic carbocycles. The molecule has 4 aromatic rings. The van der Waals surface area contributed by atoms with E-state index in [1.165, 1.54) is 36.6 Å². The number of carbonyl (C=O) groups is 2. The van der Waals surface area contributed by atoms with E-state index in [9.17, 15) is 14.0 Å². The van der Waals surface area contributed by atoms with E-state index in [2.05, 4.69) is 20.0 Å². The van der Waals surface area contributed by atoms with Crippen LogP contribution in [0.15, 0.2) is 104 Å². The van der Waals surface area contributed by atoms with Gasteiger partial charge in [0.1, 0.15) is 11.9 Å². The van der Waals surface area contributed by atoms with Crippen molar-refractivity contribution in [1.82, 2.24) is 20.1 Å². The Balaban J connectivity index is 1.10. The van der Waals surface area contributed by atoms with Gasteiger partial charge in [-0.1, -0.05) is 53.7 Å². The molecule has 49 heavy (non-hydrogen) atoms. The van der Waals surface area contributed by atoms with Crippen molar-refractivity contribution >= 4 is 63.9 Å². The molecule has 2 amide bonds. The Kier molecular flexibility index (Phi) is 9.38. The Labute approximate surface area is 295 Å². The van der Waals surface area contributed by atoms with Gasteiger partial charge in [0, 0.05) is 76.1 Å². The second-order valence-electron chi connectivity index (χ2n) is 11.6. The number of anilines is 1. The molecule has 0 unspecified atom stereocenters. The number of aliphatic imine (C=N–C) groups is 1. The molecule has 1 N–H and O–H groups in total. The Morgan fingerprint density at radius 3 is 2.55 bits per heavy atom. The number of amides is 2. The summed E-state index contributed by atoms with van der Waals surface area (Å²) in [5.41, 5.74) is 2.77. The maximum absolute atomic E-state index is 14.0. The second kappa shape index (κ2) is 14.0. The molecule has 248 valence electrons. The number of piperazine rings is 1. The van der Waals surface area contributed by atoms with Gasteiger partial charge in [-0.3, -0.25) is 14.8 Å². The van der Waals surface area contributed by atoms with Gasteiger partial charge in [-0.2, -0.15) is 0 Å². The molecule has 0 spiro atoms. The molecule has 2 atom stereocenters. The fraction of sp³-hybridized carbons (Fsp3) is 0.229. The van der Waals surface area contributed by atoms with Crippen molar-refractivity contribution in [2.75, 3.05) is 44.7 Å². The van der Waals surface area contributed by atoms with E-state index in [0.29, 0.717) is 60.5 Å².